The number of carbonyl (C=O) groups excluding carboxylic acids is 1. The number of carbonyl (C=O) groups is 1. The number of nitrogens with one attached hydrogen (secondary N) is 1. The van der Waals surface area contributed by atoms with Crippen molar-refractivity contribution in [2.75, 3.05) is 42.1 Å². The van der Waals surface area contributed by atoms with E-state index >= 15 is 0 Å². The van der Waals surface area contributed by atoms with Gasteiger partial charge in [0.2, 0.25) is 0 Å². The molecule has 0 bridgehead atoms. The Morgan fingerprint density at radius 3 is 2.23 bits per heavy atom. The molecule has 4 aromatic rings. The van der Waals surface area contributed by atoms with Gasteiger partial charge in [0.15, 0.2) is 5.69 Å². The van der Waals surface area contributed by atoms with Crippen LogP contribution in [0.4, 0.5) is 17.4 Å². The molecule has 1 amide bonds. The third-order valence-electron chi connectivity index (χ3n) is 6.22. The van der Waals surface area contributed by atoms with Crippen LogP contribution < -0.4 is 16.0 Å². The van der Waals surface area contributed by atoms with Crippen molar-refractivity contribution in [1.82, 2.24) is 9.88 Å². The molecule has 0 spiro atoms. The van der Waals surface area contributed by atoms with Crippen molar-refractivity contribution >= 4 is 23.3 Å². The summed E-state index contributed by atoms with van der Waals surface area (Å²) >= 11 is 0. The van der Waals surface area contributed by atoms with E-state index in [0.29, 0.717) is 17.4 Å². The van der Waals surface area contributed by atoms with Crippen LogP contribution in [0.15, 0.2) is 89.5 Å². The second kappa shape index (κ2) is 10.4. The van der Waals surface area contributed by atoms with E-state index in [4.69, 9.17) is 10.2 Å². The first kappa shape index (κ1) is 22.7. The summed E-state index contributed by atoms with van der Waals surface area (Å²) in [5.41, 5.74) is 11.2. The summed E-state index contributed by atoms with van der Waals surface area (Å²) in [5.74, 6) is -0.306. The van der Waals surface area contributed by atoms with Gasteiger partial charge in [-0.25, -0.2) is 0 Å². The van der Waals surface area contributed by atoms with E-state index in [-0.39, 0.29) is 11.6 Å². The third-order valence-corrected chi connectivity index (χ3v) is 6.22. The molecule has 5 rings (SSSR count). The molecule has 0 radical (unpaired) electrons. The van der Waals surface area contributed by atoms with Gasteiger partial charge in [0.05, 0.1) is 0 Å². The molecule has 0 saturated carbocycles. The average Bonchev–Trinajstić information content (AvgIpc) is 3.38. The van der Waals surface area contributed by atoms with E-state index in [2.05, 4.69) is 68.6 Å². The second-order valence-electron chi connectivity index (χ2n) is 8.83. The minimum absolute atomic E-state index is 0.259. The molecular weight excluding hydrogens is 438 g/mol. The van der Waals surface area contributed by atoms with Gasteiger partial charge in [-0.3, -0.25) is 9.69 Å². The number of piperazine rings is 1. The number of aromatic nitrogens is 1. The molecule has 0 aliphatic carbocycles. The predicted molar refractivity (Wildman–Crippen MR) is 138 cm³/mol. The van der Waals surface area contributed by atoms with Crippen molar-refractivity contribution < 1.29 is 9.21 Å². The number of anilines is 3. The molecule has 7 nitrogen and oxygen atoms in total. The predicted octanol–water partition coefficient (Wildman–Crippen LogP) is 4.42. The minimum atomic E-state index is -0.306. The van der Waals surface area contributed by atoms with Crippen molar-refractivity contribution in [2.24, 2.45) is 0 Å². The number of nitrogens with two attached hydrogens (primary N) is 1. The van der Waals surface area contributed by atoms with Crippen LogP contribution in [0.1, 0.15) is 27.2 Å². The van der Waals surface area contributed by atoms with Gasteiger partial charge >= 0.3 is 0 Å². The maximum atomic E-state index is 12.5. The summed E-state index contributed by atoms with van der Waals surface area (Å²) in [4.78, 5) is 21.4. The zero-order valence-electron chi connectivity index (χ0n) is 19.6. The van der Waals surface area contributed by atoms with Gasteiger partial charge < -0.3 is 20.4 Å². The first-order chi connectivity index (χ1) is 17.1. The van der Waals surface area contributed by atoms with Crippen molar-refractivity contribution in [3.8, 4) is 0 Å². The summed E-state index contributed by atoms with van der Waals surface area (Å²) in [5, 5.41) is 2.81. The monoisotopic (exact) mass is 467 g/mol. The fraction of sp³-hybridized carbons (Fsp3) is 0.214. The molecule has 1 aliphatic rings. The van der Waals surface area contributed by atoms with Crippen LogP contribution in [0.5, 0.6) is 0 Å². The smallest absolute Gasteiger partial charge is 0.298 e. The zero-order valence-corrected chi connectivity index (χ0v) is 19.6. The average molecular weight is 468 g/mol. The number of rotatable bonds is 7. The van der Waals surface area contributed by atoms with Crippen LogP contribution >= 0.6 is 0 Å². The maximum absolute atomic E-state index is 12.5. The topological polar surface area (TPSA) is 87.6 Å². The van der Waals surface area contributed by atoms with Gasteiger partial charge in [-0.2, -0.15) is 4.98 Å². The number of nitrogens with zero attached hydrogens (tertiary/aromatic N) is 3. The van der Waals surface area contributed by atoms with Crippen molar-refractivity contribution in [3.05, 3.63) is 108 Å². The van der Waals surface area contributed by atoms with E-state index in [0.717, 1.165) is 39.1 Å². The lowest BCUT2D eigenvalue weighted by atomic mass is 10.0. The molecule has 1 aromatic heterocycles. The highest BCUT2D eigenvalue weighted by Gasteiger charge is 2.22. The van der Waals surface area contributed by atoms with E-state index < -0.39 is 0 Å². The molecule has 7 heteroatoms. The first-order valence-electron chi connectivity index (χ1n) is 11.8. The lowest BCUT2D eigenvalue weighted by Gasteiger charge is -2.33. The van der Waals surface area contributed by atoms with Crippen LogP contribution in [-0.2, 0) is 13.0 Å². The third kappa shape index (κ3) is 5.88. The summed E-state index contributed by atoms with van der Waals surface area (Å²) in [6, 6.07) is 26.9. The largest absolute Gasteiger partial charge is 0.431 e. The Morgan fingerprint density at radius 1 is 0.857 bits per heavy atom. The SMILES string of the molecule is Nc1ccc(NC(=O)c2coc(N3CCN(Cc4ccc(Cc5ccccc5)cc4)CC3)n2)cc1. The highest BCUT2D eigenvalue weighted by Crippen LogP contribution is 2.19. The van der Waals surface area contributed by atoms with Crippen LogP contribution in [0.25, 0.3) is 0 Å². The number of amides is 1. The summed E-state index contributed by atoms with van der Waals surface area (Å²) in [6.07, 6.45) is 2.36. The van der Waals surface area contributed by atoms with Gasteiger partial charge in [0.25, 0.3) is 11.9 Å². The van der Waals surface area contributed by atoms with Crippen LogP contribution in [0.3, 0.4) is 0 Å². The Kier molecular flexibility index (Phi) is 6.77. The van der Waals surface area contributed by atoms with Gasteiger partial charge in [0, 0.05) is 44.1 Å². The Hall–Kier alpha value is -4.10. The normalized spacial score (nSPS) is 14.1. The van der Waals surface area contributed by atoms with Gasteiger partial charge in [0.1, 0.15) is 6.26 Å². The maximum Gasteiger partial charge on any atom is 0.298 e. The molecule has 1 fully saturated rings. The zero-order chi connectivity index (χ0) is 24.0. The van der Waals surface area contributed by atoms with Crippen molar-refractivity contribution in [1.29, 1.82) is 0 Å². The van der Waals surface area contributed by atoms with Crippen molar-refractivity contribution in [3.63, 3.8) is 0 Å². The lowest BCUT2D eigenvalue weighted by Crippen LogP contribution is -2.46. The van der Waals surface area contributed by atoms with E-state index in [1.807, 2.05) is 6.07 Å². The quantitative estimate of drug-likeness (QED) is 0.391. The summed E-state index contributed by atoms with van der Waals surface area (Å²) in [6.45, 7) is 4.32. The number of hydrogen-bond donors (Lipinski definition) is 2. The van der Waals surface area contributed by atoms with Gasteiger partial charge in [-0.15, -0.1) is 0 Å². The fourth-order valence-electron chi connectivity index (χ4n) is 4.22. The fourth-order valence-corrected chi connectivity index (χ4v) is 4.22. The Bertz CT molecular complexity index is 1240. The van der Waals surface area contributed by atoms with Gasteiger partial charge in [-0.1, -0.05) is 54.6 Å². The molecule has 3 N–H and O–H groups in total. The highest BCUT2D eigenvalue weighted by atomic mass is 16.4. The molecule has 1 saturated heterocycles. The molecule has 35 heavy (non-hydrogen) atoms. The molecular formula is C28H29N5O2. The molecule has 0 atom stereocenters. The van der Waals surface area contributed by atoms with Crippen LogP contribution in [0.2, 0.25) is 0 Å². The highest BCUT2D eigenvalue weighted by molar-refractivity contribution is 6.02. The number of nitrogen functional groups attached to an aromatic ring is 1. The van der Waals surface area contributed by atoms with E-state index in [1.165, 1.54) is 23.0 Å². The second-order valence-corrected chi connectivity index (χ2v) is 8.83. The molecule has 0 unspecified atom stereocenters. The number of benzene rings is 3. The molecule has 3 aromatic carbocycles. The van der Waals surface area contributed by atoms with Crippen molar-refractivity contribution in [2.45, 2.75) is 13.0 Å². The Labute approximate surface area is 205 Å². The van der Waals surface area contributed by atoms with Gasteiger partial charge in [-0.05, 0) is 47.4 Å². The number of oxazole rings is 1. The summed E-state index contributed by atoms with van der Waals surface area (Å²) in [7, 11) is 0. The Balaban J connectivity index is 1.11. The van der Waals surface area contributed by atoms with E-state index in [1.54, 1.807) is 24.3 Å². The number of hydrogen-bond acceptors (Lipinski definition) is 6. The first-order valence-corrected chi connectivity index (χ1v) is 11.8. The standard InChI is InChI=1S/C28H29N5O2/c29-24-10-12-25(13-11-24)30-27(34)26-20-35-28(31-26)33-16-14-32(15-17-33)19-23-8-6-22(7-9-23)18-21-4-2-1-3-5-21/h1-13,20H,14-19,29H2,(H,30,34). The van der Waals surface area contributed by atoms with E-state index in [9.17, 15) is 4.79 Å². The Morgan fingerprint density at radius 2 is 1.51 bits per heavy atom. The molecule has 178 valence electrons. The van der Waals surface area contributed by atoms with Crippen LogP contribution in [0, 0.1) is 0 Å². The van der Waals surface area contributed by atoms with Crippen LogP contribution in [-0.4, -0.2) is 42.0 Å². The molecule has 1 aliphatic heterocycles. The molecule has 2 heterocycles. The lowest BCUT2D eigenvalue weighted by molar-refractivity contribution is 0.102. The minimum Gasteiger partial charge on any atom is -0.431 e. The summed E-state index contributed by atoms with van der Waals surface area (Å²) < 4.78 is 5.61.